The number of hydrogen-bond donors (Lipinski definition) is 2. The summed E-state index contributed by atoms with van der Waals surface area (Å²) >= 11 is 0. The molecule has 1 aromatic rings. The van der Waals surface area contributed by atoms with E-state index in [0.717, 1.165) is 38.5 Å². The Kier molecular flexibility index (Phi) is 4.53. The molecule has 30 heavy (non-hydrogen) atoms. The molecular weight excluding hydrogens is 384 g/mol. The van der Waals surface area contributed by atoms with Crippen LogP contribution in [-0.4, -0.2) is 52.3 Å². The zero-order chi connectivity index (χ0) is 20.9. The van der Waals surface area contributed by atoms with E-state index < -0.39 is 0 Å². The third-order valence-corrected chi connectivity index (χ3v) is 7.52. The minimum atomic E-state index is -0.371. The van der Waals surface area contributed by atoms with Crippen LogP contribution in [0.4, 0.5) is 10.6 Å². The predicted octanol–water partition coefficient (Wildman–Crippen LogP) is 1.65. The third kappa shape index (κ3) is 3.24. The lowest BCUT2D eigenvalue weighted by atomic mass is 9.48. The molecule has 2 amide bonds. The number of nitrogens with zero attached hydrogens (tertiary/aromatic N) is 4. The van der Waals surface area contributed by atoms with Crippen LogP contribution in [-0.2, 0) is 9.53 Å². The molecular formula is C21H26N6O3. The monoisotopic (exact) mass is 410 g/mol. The molecule has 4 aliphatic carbocycles. The quantitative estimate of drug-likeness (QED) is 0.770. The van der Waals surface area contributed by atoms with E-state index in [0.29, 0.717) is 24.8 Å². The topological polar surface area (TPSA) is 134 Å². The standard InChI is InChI=1S/C21H26N6O3/c22-10-15-1-2-17(26-25-15)24-16-3-4-27(11-16)20(29)30-18-13-5-12-6-14(18)9-21(7-12,8-13)19(23)28/h1-2,12-14,16,18H,3-9,11H2,(H2,23,28)(H,24,26)/t12?,13-,14?,16+,18?,21-/m0/s1. The highest BCUT2D eigenvalue weighted by atomic mass is 16.6. The van der Waals surface area contributed by atoms with E-state index >= 15 is 0 Å². The van der Waals surface area contributed by atoms with Crippen LogP contribution in [0.1, 0.15) is 44.2 Å². The Morgan fingerprint density at radius 1 is 1.23 bits per heavy atom. The number of amides is 2. The number of likely N-dealkylation sites (tertiary alicyclic amines) is 1. The summed E-state index contributed by atoms with van der Waals surface area (Å²) < 4.78 is 6.01. The number of ether oxygens (including phenoxy) is 1. The lowest BCUT2D eigenvalue weighted by molar-refractivity contribution is -0.161. The van der Waals surface area contributed by atoms with Gasteiger partial charge in [0.15, 0.2) is 5.69 Å². The van der Waals surface area contributed by atoms with Crippen molar-refractivity contribution >= 4 is 17.8 Å². The van der Waals surface area contributed by atoms with Crippen molar-refractivity contribution in [2.24, 2.45) is 28.9 Å². The molecule has 5 aliphatic rings. The Bertz CT molecular complexity index is 881. The predicted molar refractivity (Wildman–Crippen MR) is 106 cm³/mol. The van der Waals surface area contributed by atoms with E-state index in [-0.39, 0.29) is 47.1 Å². The first kappa shape index (κ1) is 19.1. The molecule has 9 nitrogen and oxygen atoms in total. The normalized spacial score (nSPS) is 36.4. The summed E-state index contributed by atoms with van der Waals surface area (Å²) in [6, 6.07) is 5.34. The van der Waals surface area contributed by atoms with Gasteiger partial charge in [0, 0.05) is 19.1 Å². The highest BCUT2D eigenvalue weighted by Crippen LogP contribution is 2.60. The zero-order valence-corrected chi connectivity index (χ0v) is 16.8. The van der Waals surface area contributed by atoms with Gasteiger partial charge in [-0.2, -0.15) is 5.26 Å². The fraction of sp³-hybridized carbons (Fsp3) is 0.667. The third-order valence-electron chi connectivity index (χ3n) is 7.52. The molecule has 6 rings (SSSR count). The number of nitrogens with two attached hydrogens (primary N) is 1. The maximum Gasteiger partial charge on any atom is 0.410 e. The van der Waals surface area contributed by atoms with Crippen LogP contribution < -0.4 is 11.1 Å². The summed E-state index contributed by atoms with van der Waals surface area (Å²) in [5.74, 6) is 1.45. The number of hydrogen-bond acceptors (Lipinski definition) is 7. The Balaban J connectivity index is 1.18. The molecule has 5 fully saturated rings. The molecule has 1 aliphatic heterocycles. The molecule has 0 radical (unpaired) electrons. The summed E-state index contributed by atoms with van der Waals surface area (Å²) in [7, 11) is 0. The maximum absolute atomic E-state index is 12.9. The summed E-state index contributed by atoms with van der Waals surface area (Å²) in [6.45, 7) is 1.16. The fourth-order valence-electron chi connectivity index (χ4n) is 6.38. The van der Waals surface area contributed by atoms with E-state index in [4.69, 9.17) is 15.7 Å². The maximum atomic E-state index is 12.9. The van der Waals surface area contributed by atoms with Gasteiger partial charge in [-0.25, -0.2) is 4.79 Å². The van der Waals surface area contributed by atoms with Gasteiger partial charge in [0.1, 0.15) is 18.0 Å². The number of rotatable bonds is 4. The van der Waals surface area contributed by atoms with E-state index in [1.807, 2.05) is 6.07 Å². The molecule has 4 bridgehead atoms. The molecule has 0 spiro atoms. The van der Waals surface area contributed by atoms with Crippen molar-refractivity contribution in [3.8, 4) is 6.07 Å². The van der Waals surface area contributed by atoms with Gasteiger partial charge in [-0.05, 0) is 68.4 Å². The molecule has 9 heteroatoms. The largest absolute Gasteiger partial charge is 0.446 e. The van der Waals surface area contributed by atoms with Crippen molar-refractivity contribution in [1.29, 1.82) is 5.26 Å². The van der Waals surface area contributed by atoms with Crippen molar-refractivity contribution < 1.29 is 14.3 Å². The highest BCUT2D eigenvalue weighted by Gasteiger charge is 2.59. The van der Waals surface area contributed by atoms with Crippen LogP contribution in [0.2, 0.25) is 0 Å². The van der Waals surface area contributed by atoms with Crippen molar-refractivity contribution in [2.75, 3.05) is 18.4 Å². The molecule has 0 aromatic carbocycles. The number of primary amides is 1. The van der Waals surface area contributed by atoms with E-state index in [2.05, 4.69) is 15.5 Å². The lowest BCUT2D eigenvalue weighted by Gasteiger charge is -2.58. The van der Waals surface area contributed by atoms with Gasteiger partial charge in [-0.1, -0.05) is 0 Å². The van der Waals surface area contributed by atoms with Crippen molar-refractivity contribution in [2.45, 2.75) is 50.7 Å². The van der Waals surface area contributed by atoms with Gasteiger partial charge in [0.25, 0.3) is 0 Å². The molecule has 3 unspecified atom stereocenters. The minimum Gasteiger partial charge on any atom is -0.446 e. The second-order valence-corrected chi connectivity index (χ2v) is 9.45. The zero-order valence-electron chi connectivity index (χ0n) is 16.8. The molecule has 2 heterocycles. The van der Waals surface area contributed by atoms with Crippen molar-refractivity contribution in [1.82, 2.24) is 15.1 Å². The molecule has 4 saturated carbocycles. The van der Waals surface area contributed by atoms with Gasteiger partial charge < -0.3 is 20.7 Å². The average Bonchev–Trinajstić information content (AvgIpc) is 3.19. The van der Waals surface area contributed by atoms with E-state index in [1.54, 1.807) is 17.0 Å². The first-order valence-electron chi connectivity index (χ1n) is 10.7. The Hall–Kier alpha value is -2.89. The van der Waals surface area contributed by atoms with Crippen LogP contribution in [0, 0.1) is 34.5 Å². The number of nitriles is 1. The van der Waals surface area contributed by atoms with Crippen LogP contribution in [0.3, 0.4) is 0 Å². The summed E-state index contributed by atoms with van der Waals surface area (Å²) in [5.41, 5.74) is 5.64. The lowest BCUT2D eigenvalue weighted by Crippen LogP contribution is -2.59. The van der Waals surface area contributed by atoms with Crippen molar-refractivity contribution in [3.63, 3.8) is 0 Å². The minimum absolute atomic E-state index is 0.0661. The number of carbonyl (C=O) groups is 2. The number of anilines is 1. The first-order valence-corrected chi connectivity index (χ1v) is 10.7. The van der Waals surface area contributed by atoms with Gasteiger partial charge in [0.2, 0.25) is 5.91 Å². The molecule has 6 atom stereocenters. The second-order valence-electron chi connectivity index (χ2n) is 9.45. The number of carbonyl (C=O) groups excluding carboxylic acids is 2. The highest BCUT2D eigenvalue weighted by molar-refractivity contribution is 5.81. The van der Waals surface area contributed by atoms with Crippen molar-refractivity contribution in [3.05, 3.63) is 17.8 Å². The van der Waals surface area contributed by atoms with E-state index in [1.165, 1.54) is 0 Å². The molecule has 1 aromatic heterocycles. The van der Waals surface area contributed by atoms with E-state index in [9.17, 15) is 9.59 Å². The molecule has 1 saturated heterocycles. The SMILES string of the molecule is N#Cc1ccc(N[C@@H]2CCN(C(=O)OC3C4CC5C[C@H]3C[C@@](C(N)=O)(C5)C4)C2)nn1. The van der Waals surface area contributed by atoms with Gasteiger partial charge in [-0.3, -0.25) is 4.79 Å². The van der Waals surface area contributed by atoms with Gasteiger partial charge in [-0.15, -0.1) is 10.2 Å². The first-order chi connectivity index (χ1) is 14.5. The Morgan fingerprint density at radius 2 is 2.00 bits per heavy atom. The molecule has 158 valence electrons. The Labute approximate surface area is 174 Å². The number of nitrogens with one attached hydrogen (secondary N) is 1. The summed E-state index contributed by atoms with van der Waals surface area (Å²) in [6.07, 6.45) is 4.92. The summed E-state index contributed by atoms with van der Waals surface area (Å²) in [5, 5.41) is 19.9. The van der Waals surface area contributed by atoms with Crippen LogP contribution in [0.25, 0.3) is 0 Å². The summed E-state index contributed by atoms with van der Waals surface area (Å²) in [4.78, 5) is 26.7. The number of aromatic nitrogens is 2. The van der Waals surface area contributed by atoms with Crippen LogP contribution >= 0.6 is 0 Å². The van der Waals surface area contributed by atoms with Gasteiger partial charge in [0.05, 0.1) is 5.41 Å². The Morgan fingerprint density at radius 3 is 2.63 bits per heavy atom. The smallest absolute Gasteiger partial charge is 0.410 e. The van der Waals surface area contributed by atoms with Crippen LogP contribution in [0.15, 0.2) is 12.1 Å². The second kappa shape index (κ2) is 7.11. The van der Waals surface area contributed by atoms with Crippen LogP contribution in [0.5, 0.6) is 0 Å². The molecule has 3 N–H and O–H groups in total. The average molecular weight is 410 g/mol. The van der Waals surface area contributed by atoms with Gasteiger partial charge >= 0.3 is 6.09 Å². The fourth-order valence-corrected chi connectivity index (χ4v) is 6.38.